The second-order valence-electron chi connectivity index (χ2n) is 7.54. The zero-order chi connectivity index (χ0) is 14.5. The van der Waals surface area contributed by atoms with Gasteiger partial charge in [0.15, 0.2) is 0 Å². The first-order chi connectivity index (χ1) is 10.4. The highest BCUT2D eigenvalue weighted by Crippen LogP contribution is 2.31. The first kappa shape index (κ1) is 15.8. The summed E-state index contributed by atoms with van der Waals surface area (Å²) in [5, 5.41) is 7.75. The van der Waals surface area contributed by atoms with E-state index in [9.17, 15) is 0 Å². The van der Waals surface area contributed by atoms with Gasteiger partial charge in [0.1, 0.15) is 0 Å². The van der Waals surface area contributed by atoms with Gasteiger partial charge in [0.25, 0.3) is 0 Å². The zero-order valence-electron chi connectivity index (χ0n) is 13.9. The third kappa shape index (κ3) is 4.20. The molecule has 0 aromatic heterocycles. The number of hydrogen-bond acceptors (Lipinski definition) is 3. The Morgan fingerprint density at radius 2 is 1.81 bits per heavy atom. The lowest BCUT2D eigenvalue weighted by atomic mass is 9.79. The molecule has 0 radical (unpaired) electrons. The molecule has 3 aliphatic rings. The number of piperidine rings is 1. The van der Waals surface area contributed by atoms with E-state index in [0.29, 0.717) is 0 Å². The van der Waals surface area contributed by atoms with Gasteiger partial charge in [-0.05, 0) is 83.1 Å². The number of nitrogens with zero attached hydrogens (tertiary/aromatic N) is 1. The van der Waals surface area contributed by atoms with Crippen LogP contribution in [0.5, 0.6) is 0 Å². The van der Waals surface area contributed by atoms with Crippen LogP contribution in [0.2, 0.25) is 0 Å². The summed E-state index contributed by atoms with van der Waals surface area (Å²) >= 11 is 0. The van der Waals surface area contributed by atoms with E-state index < -0.39 is 0 Å². The topological polar surface area (TPSA) is 27.3 Å². The molecule has 0 bridgehead atoms. The summed E-state index contributed by atoms with van der Waals surface area (Å²) in [5.41, 5.74) is 0. The summed E-state index contributed by atoms with van der Waals surface area (Å²) in [6.07, 6.45) is 11.4. The molecule has 1 aliphatic carbocycles. The fraction of sp³-hybridized carbons (Fsp3) is 1.00. The SMILES string of the molecule is CCN1CCC(CNC2CCCCC2C2CCCN2)CC1. The third-order valence-electron chi connectivity index (χ3n) is 6.26. The Morgan fingerprint density at radius 1 is 1.00 bits per heavy atom. The average Bonchev–Trinajstić information content (AvgIpc) is 3.08. The first-order valence-electron chi connectivity index (χ1n) is 9.56. The van der Waals surface area contributed by atoms with Crippen LogP contribution in [0.3, 0.4) is 0 Å². The van der Waals surface area contributed by atoms with Crippen molar-refractivity contribution in [2.45, 2.75) is 70.4 Å². The molecule has 2 N–H and O–H groups in total. The maximum atomic E-state index is 3.99. The van der Waals surface area contributed by atoms with Crippen molar-refractivity contribution in [3.8, 4) is 0 Å². The number of nitrogens with one attached hydrogen (secondary N) is 2. The van der Waals surface area contributed by atoms with E-state index in [-0.39, 0.29) is 0 Å². The quantitative estimate of drug-likeness (QED) is 0.816. The molecular formula is C18H35N3. The van der Waals surface area contributed by atoms with Crippen LogP contribution in [0.25, 0.3) is 0 Å². The first-order valence-corrected chi connectivity index (χ1v) is 9.56. The molecule has 0 spiro atoms. The van der Waals surface area contributed by atoms with Crippen molar-refractivity contribution >= 4 is 0 Å². The van der Waals surface area contributed by atoms with Crippen LogP contribution >= 0.6 is 0 Å². The standard InChI is InChI=1S/C18H35N3/c1-2-21-12-9-15(10-13-21)14-20-18-7-4-3-6-16(18)17-8-5-11-19-17/h15-20H,2-14H2,1H3. The summed E-state index contributed by atoms with van der Waals surface area (Å²) in [4.78, 5) is 2.60. The van der Waals surface area contributed by atoms with E-state index >= 15 is 0 Å². The highest BCUT2D eigenvalue weighted by molar-refractivity contribution is 4.92. The molecule has 0 aromatic carbocycles. The Morgan fingerprint density at radius 3 is 2.52 bits per heavy atom. The van der Waals surface area contributed by atoms with Gasteiger partial charge in [-0.15, -0.1) is 0 Å². The molecule has 3 fully saturated rings. The molecule has 2 saturated heterocycles. The maximum absolute atomic E-state index is 3.99. The highest BCUT2D eigenvalue weighted by atomic mass is 15.1. The van der Waals surface area contributed by atoms with Crippen LogP contribution in [0.4, 0.5) is 0 Å². The molecule has 21 heavy (non-hydrogen) atoms. The van der Waals surface area contributed by atoms with Crippen LogP contribution < -0.4 is 10.6 Å². The number of likely N-dealkylation sites (tertiary alicyclic amines) is 1. The minimum Gasteiger partial charge on any atom is -0.314 e. The Kier molecular flexibility index (Phi) is 5.96. The lowest BCUT2D eigenvalue weighted by Gasteiger charge is -2.38. The summed E-state index contributed by atoms with van der Waals surface area (Å²) in [7, 11) is 0. The maximum Gasteiger partial charge on any atom is 0.0111 e. The fourth-order valence-corrected chi connectivity index (χ4v) is 4.80. The summed E-state index contributed by atoms with van der Waals surface area (Å²) in [6, 6.07) is 1.60. The smallest absolute Gasteiger partial charge is 0.0111 e. The molecule has 122 valence electrons. The number of hydrogen-bond donors (Lipinski definition) is 2. The van der Waals surface area contributed by atoms with Crippen LogP contribution in [0.15, 0.2) is 0 Å². The van der Waals surface area contributed by atoms with Crippen LogP contribution in [0, 0.1) is 11.8 Å². The van der Waals surface area contributed by atoms with Crippen LogP contribution in [-0.2, 0) is 0 Å². The molecule has 3 nitrogen and oxygen atoms in total. The predicted molar refractivity (Wildman–Crippen MR) is 89.6 cm³/mol. The molecule has 3 unspecified atom stereocenters. The third-order valence-corrected chi connectivity index (χ3v) is 6.26. The van der Waals surface area contributed by atoms with Gasteiger partial charge in [0, 0.05) is 12.1 Å². The van der Waals surface area contributed by atoms with Crippen LogP contribution in [0.1, 0.15) is 58.3 Å². The summed E-state index contributed by atoms with van der Waals surface area (Å²) in [5.74, 6) is 1.82. The molecule has 0 amide bonds. The second-order valence-corrected chi connectivity index (χ2v) is 7.54. The van der Waals surface area contributed by atoms with E-state index in [1.807, 2.05) is 0 Å². The number of rotatable bonds is 5. The van der Waals surface area contributed by atoms with E-state index in [1.54, 1.807) is 0 Å². The van der Waals surface area contributed by atoms with Gasteiger partial charge in [-0.2, -0.15) is 0 Å². The van der Waals surface area contributed by atoms with Crippen molar-refractivity contribution in [2.75, 3.05) is 32.7 Å². The van der Waals surface area contributed by atoms with E-state index in [4.69, 9.17) is 0 Å². The minimum atomic E-state index is 0.790. The fourth-order valence-electron chi connectivity index (χ4n) is 4.80. The monoisotopic (exact) mass is 293 g/mol. The van der Waals surface area contributed by atoms with Crippen molar-refractivity contribution in [3.05, 3.63) is 0 Å². The van der Waals surface area contributed by atoms with Gasteiger partial charge in [0.05, 0.1) is 0 Å². The van der Waals surface area contributed by atoms with Gasteiger partial charge < -0.3 is 15.5 Å². The van der Waals surface area contributed by atoms with Gasteiger partial charge >= 0.3 is 0 Å². The van der Waals surface area contributed by atoms with Crippen molar-refractivity contribution in [1.82, 2.24) is 15.5 Å². The van der Waals surface area contributed by atoms with Crippen molar-refractivity contribution in [3.63, 3.8) is 0 Å². The summed E-state index contributed by atoms with van der Waals surface area (Å²) in [6.45, 7) is 8.69. The van der Waals surface area contributed by atoms with Crippen molar-refractivity contribution < 1.29 is 0 Å². The zero-order valence-corrected chi connectivity index (χ0v) is 13.9. The largest absolute Gasteiger partial charge is 0.314 e. The molecule has 1 saturated carbocycles. The Hall–Kier alpha value is -0.120. The van der Waals surface area contributed by atoms with Crippen LogP contribution in [-0.4, -0.2) is 49.7 Å². The Bertz CT molecular complexity index is 293. The van der Waals surface area contributed by atoms with Crippen molar-refractivity contribution in [1.29, 1.82) is 0 Å². The average molecular weight is 293 g/mol. The molecule has 0 aromatic rings. The lowest BCUT2D eigenvalue weighted by molar-refractivity contribution is 0.168. The molecule has 3 heteroatoms. The van der Waals surface area contributed by atoms with Crippen molar-refractivity contribution in [2.24, 2.45) is 11.8 Å². The van der Waals surface area contributed by atoms with Gasteiger partial charge in [0.2, 0.25) is 0 Å². The highest BCUT2D eigenvalue weighted by Gasteiger charge is 2.33. The molecule has 3 rings (SSSR count). The lowest BCUT2D eigenvalue weighted by Crippen LogP contribution is -2.49. The van der Waals surface area contributed by atoms with E-state index in [1.165, 1.54) is 84.1 Å². The van der Waals surface area contributed by atoms with E-state index in [2.05, 4.69) is 22.5 Å². The molecule has 3 atom stereocenters. The Labute approximate surface area is 131 Å². The predicted octanol–water partition coefficient (Wildman–Crippen LogP) is 2.62. The van der Waals surface area contributed by atoms with Gasteiger partial charge in [-0.25, -0.2) is 0 Å². The Balaban J connectivity index is 1.44. The molecule has 2 heterocycles. The minimum absolute atomic E-state index is 0.790. The van der Waals surface area contributed by atoms with E-state index in [0.717, 1.165) is 23.9 Å². The second kappa shape index (κ2) is 7.94. The normalized spacial score (nSPS) is 36.1. The van der Waals surface area contributed by atoms with Gasteiger partial charge in [-0.1, -0.05) is 19.8 Å². The summed E-state index contributed by atoms with van der Waals surface area (Å²) < 4.78 is 0. The molecule has 2 aliphatic heterocycles. The molecular weight excluding hydrogens is 258 g/mol. The van der Waals surface area contributed by atoms with Gasteiger partial charge in [-0.3, -0.25) is 0 Å².